The number of halogens is 1. The van der Waals surface area contributed by atoms with Gasteiger partial charge in [0.25, 0.3) is 0 Å². The highest BCUT2D eigenvalue weighted by molar-refractivity contribution is 6.31. The SMILES string of the molecule is Nc1cccc(Cl)c1CN1CC2CCC(O)C2C1. The molecule has 3 nitrogen and oxygen atoms in total. The summed E-state index contributed by atoms with van der Waals surface area (Å²) in [5.41, 5.74) is 7.77. The maximum atomic E-state index is 9.91. The minimum absolute atomic E-state index is 0.108. The molecule has 4 heteroatoms. The third-order valence-electron chi connectivity index (χ3n) is 4.43. The van der Waals surface area contributed by atoms with Crippen LogP contribution in [0.5, 0.6) is 0 Å². The van der Waals surface area contributed by atoms with Crippen LogP contribution < -0.4 is 5.73 Å². The lowest BCUT2D eigenvalue weighted by molar-refractivity contribution is 0.123. The Hall–Kier alpha value is -0.770. The van der Waals surface area contributed by atoms with Gasteiger partial charge in [-0.3, -0.25) is 4.90 Å². The number of aliphatic hydroxyl groups is 1. The maximum absolute atomic E-state index is 9.91. The van der Waals surface area contributed by atoms with E-state index in [1.165, 1.54) is 0 Å². The fourth-order valence-corrected chi connectivity index (χ4v) is 3.67. The molecule has 3 rings (SSSR count). The van der Waals surface area contributed by atoms with Crippen LogP contribution in [-0.2, 0) is 6.54 Å². The molecule has 3 atom stereocenters. The van der Waals surface area contributed by atoms with Gasteiger partial charge in [0.15, 0.2) is 0 Å². The van der Waals surface area contributed by atoms with Crippen LogP contribution in [0.4, 0.5) is 5.69 Å². The Morgan fingerprint density at radius 3 is 2.89 bits per heavy atom. The Morgan fingerprint density at radius 1 is 1.33 bits per heavy atom. The van der Waals surface area contributed by atoms with Crippen molar-refractivity contribution in [3.63, 3.8) is 0 Å². The number of aliphatic hydroxyl groups excluding tert-OH is 1. The molecule has 3 N–H and O–H groups in total. The molecule has 0 amide bonds. The van der Waals surface area contributed by atoms with Crippen LogP contribution in [-0.4, -0.2) is 29.2 Å². The zero-order valence-corrected chi connectivity index (χ0v) is 11.1. The first kappa shape index (κ1) is 12.3. The molecule has 1 aromatic carbocycles. The van der Waals surface area contributed by atoms with Crippen molar-refractivity contribution in [3.8, 4) is 0 Å². The molecular weight excluding hydrogens is 248 g/mol. The monoisotopic (exact) mass is 266 g/mol. The van der Waals surface area contributed by atoms with Crippen molar-refractivity contribution >= 4 is 17.3 Å². The second-order valence-corrected chi connectivity index (χ2v) is 5.98. The molecule has 0 aromatic heterocycles. The quantitative estimate of drug-likeness (QED) is 0.807. The number of fused-ring (bicyclic) bond motifs is 1. The van der Waals surface area contributed by atoms with Crippen LogP contribution in [0.3, 0.4) is 0 Å². The van der Waals surface area contributed by atoms with Gasteiger partial charge in [-0.1, -0.05) is 17.7 Å². The first-order valence-electron chi connectivity index (χ1n) is 6.58. The third kappa shape index (κ3) is 2.11. The van der Waals surface area contributed by atoms with E-state index >= 15 is 0 Å². The number of hydrogen-bond donors (Lipinski definition) is 2. The molecule has 1 aliphatic heterocycles. The first-order valence-corrected chi connectivity index (χ1v) is 6.96. The Bertz CT molecular complexity index is 431. The van der Waals surface area contributed by atoms with Gasteiger partial charge < -0.3 is 10.8 Å². The van der Waals surface area contributed by atoms with E-state index in [4.69, 9.17) is 17.3 Å². The average molecular weight is 267 g/mol. The lowest BCUT2D eigenvalue weighted by Gasteiger charge is -2.19. The highest BCUT2D eigenvalue weighted by atomic mass is 35.5. The summed E-state index contributed by atoms with van der Waals surface area (Å²) in [4.78, 5) is 2.37. The topological polar surface area (TPSA) is 49.5 Å². The molecule has 3 unspecified atom stereocenters. The number of hydrogen-bond acceptors (Lipinski definition) is 3. The molecule has 1 aromatic rings. The molecule has 1 aliphatic carbocycles. The Balaban J connectivity index is 1.72. The summed E-state index contributed by atoms with van der Waals surface area (Å²) in [6, 6.07) is 5.66. The van der Waals surface area contributed by atoms with Crippen LogP contribution in [0.25, 0.3) is 0 Å². The molecular formula is C14H19ClN2O. The predicted octanol–water partition coefficient (Wildman–Crippen LogP) is 2.12. The molecule has 2 aliphatic rings. The van der Waals surface area contributed by atoms with Crippen LogP contribution in [0.1, 0.15) is 18.4 Å². The second-order valence-electron chi connectivity index (χ2n) is 5.57. The molecule has 0 bridgehead atoms. The Morgan fingerprint density at radius 2 is 2.17 bits per heavy atom. The predicted molar refractivity (Wildman–Crippen MR) is 73.4 cm³/mol. The molecule has 2 fully saturated rings. The van der Waals surface area contributed by atoms with E-state index in [9.17, 15) is 5.11 Å². The van der Waals surface area contributed by atoms with E-state index in [0.717, 1.165) is 48.7 Å². The molecule has 1 heterocycles. The minimum atomic E-state index is -0.108. The van der Waals surface area contributed by atoms with Crippen molar-refractivity contribution in [1.29, 1.82) is 0 Å². The number of likely N-dealkylation sites (tertiary alicyclic amines) is 1. The summed E-state index contributed by atoms with van der Waals surface area (Å²) in [5.74, 6) is 1.11. The number of anilines is 1. The Labute approximate surface area is 113 Å². The normalized spacial score (nSPS) is 31.8. The zero-order valence-electron chi connectivity index (χ0n) is 10.3. The van der Waals surface area contributed by atoms with E-state index in [0.29, 0.717) is 11.8 Å². The van der Waals surface area contributed by atoms with Gasteiger partial charge >= 0.3 is 0 Å². The molecule has 1 saturated heterocycles. The number of benzene rings is 1. The van der Waals surface area contributed by atoms with Gasteiger partial charge in [-0.05, 0) is 30.9 Å². The van der Waals surface area contributed by atoms with Crippen molar-refractivity contribution in [3.05, 3.63) is 28.8 Å². The molecule has 1 saturated carbocycles. The zero-order chi connectivity index (χ0) is 12.7. The highest BCUT2D eigenvalue weighted by Gasteiger charge is 2.41. The van der Waals surface area contributed by atoms with Crippen molar-refractivity contribution in [2.75, 3.05) is 18.8 Å². The number of rotatable bonds is 2. The molecule has 18 heavy (non-hydrogen) atoms. The fraction of sp³-hybridized carbons (Fsp3) is 0.571. The largest absolute Gasteiger partial charge is 0.398 e. The van der Waals surface area contributed by atoms with E-state index in [-0.39, 0.29) is 6.10 Å². The van der Waals surface area contributed by atoms with E-state index in [1.54, 1.807) is 0 Å². The number of nitrogens with two attached hydrogens (primary N) is 1. The van der Waals surface area contributed by atoms with Crippen LogP contribution in [0.2, 0.25) is 5.02 Å². The highest BCUT2D eigenvalue weighted by Crippen LogP contribution is 2.39. The van der Waals surface area contributed by atoms with Crippen molar-refractivity contribution < 1.29 is 5.11 Å². The number of nitrogens with zero attached hydrogens (tertiary/aromatic N) is 1. The van der Waals surface area contributed by atoms with Gasteiger partial charge in [-0.15, -0.1) is 0 Å². The summed E-state index contributed by atoms with van der Waals surface area (Å²) in [6.07, 6.45) is 2.01. The average Bonchev–Trinajstić information content (AvgIpc) is 2.87. The van der Waals surface area contributed by atoms with Gasteiger partial charge in [-0.2, -0.15) is 0 Å². The number of nitrogen functional groups attached to an aromatic ring is 1. The lowest BCUT2D eigenvalue weighted by Crippen LogP contribution is -2.25. The summed E-state index contributed by atoms with van der Waals surface area (Å²) >= 11 is 6.20. The van der Waals surface area contributed by atoms with Gasteiger partial charge in [0, 0.05) is 41.8 Å². The lowest BCUT2D eigenvalue weighted by atomic mass is 10.00. The standard InChI is InChI=1S/C14H19ClN2O/c15-12-2-1-3-13(16)11(12)8-17-6-9-4-5-14(18)10(9)7-17/h1-3,9-10,14,18H,4-8,16H2. The minimum Gasteiger partial charge on any atom is -0.398 e. The van der Waals surface area contributed by atoms with Crippen LogP contribution in [0, 0.1) is 11.8 Å². The summed E-state index contributed by atoms with van der Waals surface area (Å²) < 4.78 is 0. The van der Waals surface area contributed by atoms with E-state index in [1.807, 2.05) is 18.2 Å². The molecule has 98 valence electrons. The van der Waals surface area contributed by atoms with Gasteiger partial charge in [0.05, 0.1) is 6.10 Å². The van der Waals surface area contributed by atoms with Gasteiger partial charge in [-0.25, -0.2) is 0 Å². The van der Waals surface area contributed by atoms with E-state index < -0.39 is 0 Å². The van der Waals surface area contributed by atoms with Crippen molar-refractivity contribution in [2.45, 2.75) is 25.5 Å². The summed E-state index contributed by atoms with van der Waals surface area (Å²) in [6.45, 7) is 2.83. The van der Waals surface area contributed by atoms with Crippen LogP contribution >= 0.6 is 11.6 Å². The van der Waals surface area contributed by atoms with Crippen molar-refractivity contribution in [2.24, 2.45) is 11.8 Å². The first-order chi connectivity index (χ1) is 8.65. The summed E-state index contributed by atoms with van der Waals surface area (Å²) in [7, 11) is 0. The Kier molecular flexibility index (Phi) is 3.22. The molecule has 0 radical (unpaired) electrons. The van der Waals surface area contributed by atoms with Gasteiger partial charge in [0.1, 0.15) is 0 Å². The van der Waals surface area contributed by atoms with Crippen molar-refractivity contribution in [1.82, 2.24) is 4.90 Å². The van der Waals surface area contributed by atoms with Gasteiger partial charge in [0.2, 0.25) is 0 Å². The summed E-state index contributed by atoms with van der Waals surface area (Å²) in [5, 5.41) is 10.7. The van der Waals surface area contributed by atoms with Crippen LogP contribution in [0.15, 0.2) is 18.2 Å². The third-order valence-corrected chi connectivity index (χ3v) is 4.79. The smallest absolute Gasteiger partial charge is 0.0583 e. The maximum Gasteiger partial charge on any atom is 0.0583 e. The molecule has 0 spiro atoms. The second kappa shape index (κ2) is 4.72. The fourth-order valence-electron chi connectivity index (χ4n) is 3.42. The van der Waals surface area contributed by atoms with E-state index in [2.05, 4.69) is 4.90 Å².